The minimum Gasteiger partial charge on any atom is -0.294 e. The first-order chi connectivity index (χ1) is 12.0. The highest BCUT2D eigenvalue weighted by atomic mass is 16.6. The Morgan fingerprint density at radius 2 is 1.56 bits per heavy atom. The summed E-state index contributed by atoms with van der Waals surface area (Å²) >= 11 is 0. The van der Waals surface area contributed by atoms with Gasteiger partial charge in [-0.3, -0.25) is 35.3 Å². The highest BCUT2D eigenvalue weighted by Crippen LogP contribution is 2.12. The van der Waals surface area contributed by atoms with Crippen molar-refractivity contribution in [2.24, 2.45) is 0 Å². The molecule has 25 heavy (non-hydrogen) atoms. The Morgan fingerprint density at radius 3 is 2.24 bits per heavy atom. The molecular weight excluding hydrogens is 326 g/mol. The smallest absolute Gasteiger partial charge is 0.270 e. The molecule has 2 rings (SSSR count). The van der Waals surface area contributed by atoms with Crippen molar-refractivity contribution in [1.82, 2.24) is 10.9 Å². The van der Waals surface area contributed by atoms with Crippen molar-refractivity contribution in [3.05, 3.63) is 75.8 Å². The van der Waals surface area contributed by atoms with Crippen LogP contribution in [0.25, 0.3) is 0 Å². The Hall–Kier alpha value is -3.55. The molecule has 0 fully saturated rings. The Morgan fingerprint density at radius 1 is 0.880 bits per heavy atom. The first-order valence-corrected chi connectivity index (χ1v) is 7.39. The zero-order chi connectivity index (χ0) is 18.2. The van der Waals surface area contributed by atoms with Gasteiger partial charge in [0.1, 0.15) is 0 Å². The minimum atomic E-state index is -0.688. The summed E-state index contributed by atoms with van der Waals surface area (Å²) in [6.07, 6.45) is -0.0918. The zero-order valence-electron chi connectivity index (χ0n) is 13.1. The number of nitrogens with one attached hydrogen (secondary N) is 2. The summed E-state index contributed by atoms with van der Waals surface area (Å²) in [5.41, 5.74) is 4.65. The summed E-state index contributed by atoms with van der Waals surface area (Å²) in [6.45, 7) is 0. The number of hydrogen-bond donors (Lipinski definition) is 2. The molecule has 0 radical (unpaired) electrons. The number of carbonyl (C=O) groups excluding carboxylic acids is 3. The number of benzene rings is 2. The molecular formula is C17H15N3O5. The molecule has 8 heteroatoms. The number of rotatable bonds is 6. The van der Waals surface area contributed by atoms with Crippen LogP contribution in [0, 0.1) is 10.1 Å². The molecule has 2 aromatic carbocycles. The van der Waals surface area contributed by atoms with Crippen molar-refractivity contribution in [2.45, 2.75) is 12.8 Å². The van der Waals surface area contributed by atoms with E-state index in [2.05, 4.69) is 10.9 Å². The van der Waals surface area contributed by atoms with Gasteiger partial charge in [0.2, 0.25) is 5.91 Å². The number of nitro groups is 1. The van der Waals surface area contributed by atoms with E-state index in [1.54, 1.807) is 30.3 Å². The number of Topliss-reactive ketones (excluding diaryl/α,β-unsaturated/α-hetero) is 1. The van der Waals surface area contributed by atoms with Crippen molar-refractivity contribution in [3.8, 4) is 0 Å². The molecule has 0 spiro atoms. The Bertz CT molecular complexity index is 805. The molecule has 0 bridgehead atoms. The number of nitro benzene ring substituents is 1. The predicted molar refractivity (Wildman–Crippen MR) is 88.7 cm³/mol. The molecule has 2 amide bonds. The normalized spacial score (nSPS) is 9.92. The predicted octanol–water partition coefficient (Wildman–Crippen LogP) is 2.02. The molecule has 0 aliphatic carbocycles. The van der Waals surface area contributed by atoms with E-state index in [-0.39, 0.29) is 29.9 Å². The summed E-state index contributed by atoms with van der Waals surface area (Å²) in [5.74, 6) is -1.41. The molecule has 128 valence electrons. The second-order valence-corrected chi connectivity index (χ2v) is 5.10. The third-order valence-corrected chi connectivity index (χ3v) is 3.31. The third-order valence-electron chi connectivity index (χ3n) is 3.31. The van der Waals surface area contributed by atoms with Crippen LogP contribution >= 0.6 is 0 Å². The van der Waals surface area contributed by atoms with Gasteiger partial charge in [-0.2, -0.15) is 0 Å². The second-order valence-electron chi connectivity index (χ2n) is 5.10. The molecule has 0 aliphatic rings. The molecule has 8 nitrogen and oxygen atoms in total. The quantitative estimate of drug-likeness (QED) is 0.473. The Labute approximate surface area is 143 Å². The lowest BCUT2D eigenvalue weighted by atomic mass is 10.1. The first kappa shape index (κ1) is 17.8. The summed E-state index contributed by atoms with van der Waals surface area (Å²) < 4.78 is 0. The van der Waals surface area contributed by atoms with Crippen molar-refractivity contribution >= 4 is 23.3 Å². The van der Waals surface area contributed by atoms with Crippen LogP contribution in [-0.4, -0.2) is 22.5 Å². The van der Waals surface area contributed by atoms with Crippen molar-refractivity contribution < 1.29 is 19.3 Å². The van der Waals surface area contributed by atoms with Crippen molar-refractivity contribution in [1.29, 1.82) is 0 Å². The van der Waals surface area contributed by atoms with Crippen LogP contribution in [0.15, 0.2) is 54.6 Å². The van der Waals surface area contributed by atoms with Crippen LogP contribution in [0.4, 0.5) is 5.69 Å². The number of nitrogens with zero attached hydrogens (tertiary/aromatic N) is 1. The van der Waals surface area contributed by atoms with Gasteiger partial charge >= 0.3 is 0 Å². The Balaban J connectivity index is 1.81. The van der Waals surface area contributed by atoms with Crippen LogP contribution in [0.2, 0.25) is 0 Å². The maximum Gasteiger partial charge on any atom is 0.270 e. The minimum absolute atomic E-state index is 0.00251. The van der Waals surface area contributed by atoms with Gasteiger partial charge in [0, 0.05) is 36.1 Å². The van der Waals surface area contributed by atoms with E-state index in [1.165, 1.54) is 18.2 Å². The number of amides is 2. The lowest BCUT2D eigenvalue weighted by Gasteiger charge is -2.07. The molecule has 0 saturated heterocycles. The van der Waals surface area contributed by atoms with E-state index < -0.39 is 16.7 Å². The third kappa shape index (κ3) is 5.24. The maximum atomic E-state index is 11.9. The topological polar surface area (TPSA) is 118 Å². The number of hydrogen-bond acceptors (Lipinski definition) is 5. The van der Waals surface area contributed by atoms with Gasteiger partial charge in [-0.25, -0.2) is 0 Å². The van der Waals surface area contributed by atoms with E-state index in [0.717, 1.165) is 6.07 Å². The van der Waals surface area contributed by atoms with Gasteiger partial charge in [0.25, 0.3) is 11.6 Å². The largest absolute Gasteiger partial charge is 0.294 e. The second kappa shape index (κ2) is 8.34. The Kier molecular flexibility index (Phi) is 5.94. The maximum absolute atomic E-state index is 11.9. The standard InChI is InChI=1S/C17H15N3O5/c21-15(12-5-2-1-3-6-12)9-10-16(22)18-19-17(23)13-7-4-8-14(11-13)20(24)25/h1-8,11H,9-10H2,(H,18,22)(H,19,23). The van der Waals surface area contributed by atoms with Gasteiger partial charge in [0.15, 0.2) is 5.78 Å². The molecule has 0 heterocycles. The monoisotopic (exact) mass is 341 g/mol. The summed E-state index contributed by atoms with van der Waals surface area (Å²) in [5, 5.41) is 10.7. The van der Waals surface area contributed by atoms with Crippen LogP contribution in [-0.2, 0) is 4.79 Å². The SMILES string of the molecule is O=C(CCC(=O)c1ccccc1)NNC(=O)c1cccc([N+](=O)[O-])c1. The fraction of sp³-hybridized carbons (Fsp3) is 0.118. The number of ketones is 1. The van der Waals surface area contributed by atoms with Crippen molar-refractivity contribution in [3.63, 3.8) is 0 Å². The summed E-state index contributed by atoms with van der Waals surface area (Å²) in [6, 6.07) is 13.7. The molecule has 2 N–H and O–H groups in total. The fourth-order valence-electron chi connectivity index (χ4n) is 2.02. The van der Waals surface area contributed by atoms with Gasteiger partial charge in [-0.15, -0.1) is 0 Å². The van der Waals surface area contributed by atoms with Gasteiger partial charge in [-0.1, -0.05) is 36.4 Å². The lowest BCUT2D eigenvalue weighted by molar-refractivity contribution is -0.384. The molecule has 0 atom stereocenters. The first-order valence-electron chi connectivity index (χ1n) is 7.39. The number of carbonyl (C=O) groups is 3. The molecule has 0 aliphatic heterocycles. The lowest BCUT2D eigenvalue weighted by Crippen LogP contribution is -2.41. The molecule has 0 unspecified atom stereocenters. The average Bonchev–Trinajstić information content (AvgIpc) is 2.64. The molecule has 0 saturated carbocycles. The fourth-order valence-corrected chi connectivity index (χ4v) is 2.02. The number of hydrazine groups is 1. The van der Waals surface area contributed by atoms with Crippen LogP contribution in [0.3, 0.4) is 0 Å². The highest BCUT2D eigenvalue weighted by Gasteiger charge is 2.13. The number of non-ortho nitro benzene ring substituents is 1. The zero-order valence-corrected chi connectivity index (χ0v) is 13.1. The van der Waals surface area contributed by atoms with Crippen molar-refractivity contribution in [2.75, 3.05) is 0 Å². The van der Waals surface area contributed by atoms with E-state index in [9.17, 15) is 24.5 Å². The molecule has 2 aromatic rings. The van der Waals surface area contributed by atoms with E-state index >= 15 is 0 Å². The van der Waals surface area contributed by atoms with E-state index in [1.807, 2.05) is 0 Å². The summed E-state index contributed by atoms with van der Waals surface area (Å²) in [7, 11) is 0. The van der Waals surface area contributed by atoms with Crippen LogP contribution in [0.5, 0.6) is 0 Å². The van der Waals surface area contributed by atoms with Crippen LogP contribution < -0.4 is 10.9 Å². The van der Waals surface area contributed by atoms with Gasteiger partial charge in [-0.05, 0) is 6.07 Å². The van der Waals surface area contributed by atoms with E-state index in [0.29, 0.717) is 5.56 Å². The van der Waals surface area contributed by atoms with Crippen LogP contribution in [0.1, 0.15) is 33.6 Å². The van der Waals surface area contributed by atoms with Gasteiger partial charge in [0.05, 0.1) is 4.92 Å². The average molecular weight is 341 g/mol. The highest BCUT2D eigenvalue weighted by molar-refractivity contribution is 5.99. The summed E-state index contributed by atoms with van der Waals surface area (Å²) in [4.78, 5) is 45.5. The molecule has 0 aromatic heterocycles. The van der Waals surface area contributed by atoms with E-state index in [4.69, 9.17) is 0 Å². The van der Waals surface area contributed by atoms with Gasteiger partial charge < -0.3 is 0 Å².